The molecule has 2 aromatic rings. The van der Waals surface area contributed by atoms with E-state index in [9.17, 15) is 9.18 Å². The molecule has 0 spiro atoms. The highest BCUT2D eigenvalue weighted by atomic mass is 19.1. The minimum atomic E-state index is -0.469. The number of carbonyl (C=O) groups is 1. The van der Waals surface area contributed by atoms with E-state index in [-0.39, 0.29) is 17.0 Å². The molecule has 0 fully saturated rings. The Kier molecular flexibility index (Phi) is 3.14. The van der Waals surface area contributed by atoms with Gasteiger partial charge in [0.2, 0.25) is 0 Å². The Hall–Kier alpha value is -2.36. The van der Waals surface area contributed by atoms with Crippen molar-refractivity contribution in [2.45, 2.75) is 12.8 Å². The van der Waals surface area contributed by atoms with Crippen LogP contribution < -0.4 is 10.5 Å². The molecule has 0 atom stereocenters. The molecular formula is C16H14FNO2. The van der Waals surface area contributed by atoms with Gasteiger partial charge in [-0.15, -0.1) is 0 Å². The average Bonchev–Trinajstić information content (AvgIpc) is 2.48. The van der Waals surface area contributed by atoms with E-state index in [2.05, 4.69) is 0 Å². The lowest BCUT2D eigenvalue weighted by Gasteiger charge is -2.17. The van der Waals surface area contributed by atoms with Gasteiger partial charge in [0.15, 0.2) is 5.78 Å². The second-order valence-electron chi connectivity index (χ2n) is 4.84. The second kappa shape index (κ2) is 4.96. The van der Waals surface area contributed by atoms with Crippen LogP contribution in [0.15, 0.2) is 36.4 Å². The fraction of sp³-hybridized carbons (Fsp3) is 0.188. The molecule has 0 unspecified atom stereocenters. The van der Waals surface area contributed by atoms with Gasteiger partial charge in [-0.3, -0.25) is 4.79 Å². The fourth-order valence-electron chi connectivity index (χ4n) is 2.38. The molecule has 2 N–H and O–H groups in total. The summed E-state index contributed by atoms with van der Waals surface area (Å²) in [6.07, 6.45) is 1.82. The Bertz CT molecular complexity index is 682. The topological polar surface area (TPSA) is 52.3 Å². The van der Waals surface area contributed by atoms with E-state index >= 15 is 0 Å². The van der Waals surface area contributed by atoms with Crippen LogP contribution in [0.1, 0.15) is 27.9 Å². The number of fused-ring (bicyclic) bond motifs is 1. The summed E-state index contributed by atoms with van der Waals surface area (Å²) < 4.78 is 18.8. The molecule has 0 aromatic heterocycles. The van der Waals surface area contributed by atoms with Gasteiger partial charge < -0.3 is 10.5 Å². The highest BCUT2D eigenvalue weighted by molar-refractivity contribution is 6.12. The maximum Gasteiger partial charge on any atom is 0.195 e. The SMILES string of the molecule is Nc1ccc(F)cc1C(=O)c1ccc2c(c1)CCCO2. The Balaban J connectivity index is 2.00. The number of ketones is 1. The zero-order valence-electron chi connectivity index (χ0n) is 10.9. The number of hydrogen-bond acceptors (Lipinski definition) is 3. The number of hydrogen-bond donors (Lipinski definition) is 1. The summed E-state index contributed by atoms with van der Waals surface area (Å²) in [4.78, 5) is 12.4. The van der Waals surface area contributed by atoms with Gasteiger partial charge >= 0.3 is 0 Å². The molecule has 0 radical (unpaired) electrons. The highest BCUT2D eigenvalue weighted by Gasteiger charge is 2.17. The quantitative estimate of drug-likeness (QED) is 0.675. The van der Waals surface area contributed by atoms with Crippen LogP contribution >= 0.6 is 0 Å². The van der Waals surface area contributed by atoms with E-state index in [1.54, 1.807) is 18.2 Å². The third-order valence-corrected chi connectivity index (χ3v) is 3.43. The predicted octanol–water partition coefficient (Wildman–Crippen LogP) is 2.96. The van der Waals surface area contributed by atoms with Crippen molar-refractivity contribution in [3.63, 3.8) is 0 Å². The molecule has 2 aromatic carbocycles. The van der Waals surface area contributed by atoms with Gasteiger partial charge in [-0.25, -0.2) is 4.39 Å². The lowest BCUT2D eigenvalue weighted by atomic mass is 9.97. The Labute approximate surface area is 116 Å². The van der Waals surface area contributed by atoms with Gasteiger partial charge in [0, 0.05) is 16.8 Å². The summed E-state index contributed by atoms with van der Waals surface area (Å²) in [5.41, 5.74) is 7.75. The average molecular weight is 271 g/mol. The summed E-state index contributed by atoms with van der Waals surface area (Å²) in [5, 5.41) is 0. The van der Waals surface area contributed by atoms with Crippen molar-refractivity contribution in [1.82, 2.24) is 0 Å². The van der Waals surface area contributed by atoms with Crippen LogP contribution in [0.5, 0.6) is 5.75 Å². The second-order valence-corrected chi connectivity index (χ2v) is 4.84. The normalized spacial score (nSPS) is 13.4. The van der Waals surface area contributed by atoms with Gasteiger partial charge in [0.05, 0.1) is 6.61 Å². The standard InChI is InChI=1S/C16H14FNO2/c17-12-4-5-14(18)13(9-12)16(19)11-3-6-15-10(8-11)2-1-7-20-15/h3-6,8-9H,1-2,7,18H2. The molecule has 3 rings (SSSR count). The summed E-state index contributed by atoms with van der Waals surface area (Å²) in [6.45, 7) is 0.705. The largest absolute Gasteiger partial charge is 0.493 e. The van der Waals surface area contributed by atoms with E-state index in [0.717, 1.165) is 24.2 Å². The maximum atomic E-state index is 13.3. The van der Waals surface area contributed by atoms with Gasteiger partial charge in [-0.2, -0.15) is 0 Å². The van der Waals surface area contributed by atoms with Crippen molar-refractivity contribution in [3.05, 3.63) is 58.9 Å². The van der Waals surface area contributed by atoms with Gasteiger partial charge in [-0.1, -0.05) is 0 Å². The number of nitrogen functional groups attached to an aromatic ring is 1. The molecule has 1 heterocycles. The van der Waals surface area contributed by atoms with Crippen molar-refractivity contribution in [2.24, 2.45) is 0 Å². The molecule has 102 valence electrons. The first kappa shape index (κ1) is 12.7. The summed E-state index contributed by atoms with van der Waals surface area (Å²) >= 11 is 0. The number of anilines is 1. The van der Waals surface area contributed by atoms with E-state index < -0.39 is 5.82 Å². The van der Waals surface area contributed by atoms with Crippen LogP contribution in [-0.4, -0.2) is 12.4 Å². The molecule has 1 aliphatic rings. The van der Waals surface area contributed by atoms with Crippen LogP contribution in [0.25, 0.3) is 0 Å². The van der Waals surface area contributed by atoms with Crippen LogP contribution in [0, 0.1) is 5.82 Å². The zero-order valence-corrected chi connectivity index (χ0v) is 10.9. The van der Waals surface area contributed by atoms with Crippen molar-refractivity contribution < 1.29 is 13.9 Å². The fourth-order valence-corrected chi connectivity index (χ4v) is 2.38. The first-order valence-electron chi connectivity index (χ1n) is 6.50. The molecule has 0 aliphatic carbocycles. The van der Waals surface area contributed by atoms with Crippen molar-refractivity contribution in [2.75, 3.05) is 12.3 Å². The minimum Gasteiger partial charge on any atom is -0.493 e. The predicted molar refractivity (Wildman–Crippen MR) is 74.5 cm³/mol. The van der Waals surface area contributed by atoms with Gasteiger partial charge in [-0.05, 0) is 54.8 Å². The van der Waals surface area contributed by atoms with Crippen molar-refractivity contribution in [1.29, 1.82) is 0 Å². The maximum absolute atomic E-state index is 13.3. The number of aryl methyl sites for hydroxylation is 1. The summed E-state index contributed by atoms with van der Waals surface area (Å²) in [6, 6.07) is 9.11. The molecule has 1 aliphatic heterocycles. The Morgan fingerprint density at radius 3 is 2.90 bits per heavy atom. The molecule has 4 heteroatoms. The lowest BCUT2D eigenvalue weighted by Crippen LogP contribution is -2.11. The Morgan fingerprint density at radius 1 is 1.20 bits per heavy atom. The molecular weight excluding hydrogens is 257 g/mol. The first-order chi connectivity index (χ1) is 9.65. The van der Waals surface area contributed by atoms with Gasteiger partial charge in [0.25, 0.3) is 0 Å². The summed E-state index contributed by atoms with van der Waals surface area (Å²) in [7, 11) is 0. The molecule has 0 saturated heterocycles. The number of nitrogens with two attached hydrogens (primary N) is 1. The Morgan fingerprint density at radius 2 is 2.05 bits per heavy atom. The van der Waals surface area contributed by atoms with Crippen LogP contribution in [-0.2, 0) is 6.42 Å². The van der Waals surface area contributed by atoms with E-state index in [1.165, 1.54) is 18.2 Å². The monoisotopic (exact) mass is 271 g/mol. The van der Waals surface area contributed by atoms with E-state index in [0.29, 0.717) is 12.2 Å². The smallest absolute Gasteiger partial charge is 0.195 e. The van der Waals surface area contributed by atoms with Crippen LogP contribution in [0.3, 0.4) is 0 Å². The third kappa shape index (κ3) is 2.25. The van der Waals surface area contributed by atoms with E-state index in [4.69, 9.17) is 10.5 Å². The highest BCUT2D eigenvalue weighted by Crippen LogP contribution is 2.27. The van der Waals surface area contributed by atoms with Crippen LogP contribution in [0.2, 0.25) is 0 Å². The van der Waals surface area contributed by atoms with Gasteiger partial charge in [0.1, 0.15) is 11.6 Å². The first-order valence-corrected chi connectivity index (χ1v) is 6.50. The molecule has 3 nitrogen and oxygen atoms in total. The molecule has 20 heavy (non-hydrogen) atoms. The number of ether oxygens (including phenoxy) is 1. The van der Waals surface area contributed by atoms with Crippen molar-refractivity contribution in [3.8, 4) is 5.75 Å². The molecule has 0 amide bonds. The number of benzene rings is 2. The summed E-state index contributed by atoms with van der Waals surface area (Å²) in [5.74, 6) is 0.0826. The van der Waals surface area contributed by atoms with E-state index in [1.807, 2.05) is 0 Å². The molecule has 0 bridgehead atoms. The van der Waals surface area contributed by atoms with Crippen molar-refractivity contribution >= 4 is 11.5 Å². The third-order valence-electron chi connectivity index (χ3n) is 3.43. The number of halogens is 1. The zero-order chi connectivity index (χ0) is 14.1. The number of rotatable bonds is 2. The van der Waals surface area contributed by atoms with Crippen LogP contribution in [0.4, 0.5) is 10.1 Å². The lowest BCUT2D eigenvalue weighted by molar-refractivity contribution is 0.103. The molecule has 0 saturated carbocycles. The minimum absolute atomic E-state index is 0.196. The number of carbonyl (C=O) groups excluding carboxylic acids is 1.